The molecule has 3 aromatic rings. The number of amides is 1. The smallest absolute Gasteiger partial charge is 0.262 e. The fraction of sp³-hybridized carbons (Fsp3) is 0.208. The minimum absolute atomic E-state index is 0.135. The Morgan fingerprint density at radius 3 is 2.50 bits per heavy atom. The van der Waals surface area contributed by atoms with Crippen LogP contribution in [0.2, 0.25) is 0 Å². The van der Waals surface area contributed by atoms with Crippen LogP contribution >= 0.6 is 60.8 Å². The molecule has 34 heavy (non-hydrogen) atoms. The highest BCUT2D eigenvalue weighted by Gasteiger charge is 2.31. The Morgan fingerprint density at radius 1 is 1.00 bits per heavy atom. The number of halogens is 2. The summed E-state index contributed by atoms with van der Waals surface area (Å²) in [5, 5.41) is 3.21. The summed E-state index contributed by atoms with van der Waals surface area (Å²) in [6.45, 7) is 2.17. The second-order valence-corrected chi connectivity index (χ2v) is 10.4. The number of benzene rings is 3. The quantitative estimate of drug-likeness (QED) is 0.181. The predicted molar refractivity (Wildman–Crippen MR) is 154 cm³/mol. The molecule has 1 aliphatic rings. The van der Waals surface area contributed by atoms with Crippen molar-refractivity contribution >= 4 is 66.7 Å². The van der Waals surface area contributed by atoms with E-state index in [9.17, 15) is 4.79 Å². The van der Waals surface area contributed by atoms with Gasteiger partial charge in [0.05, 0.1) is 0 Å². The Labute approximate surface area is 232 Å². The van der Waals surface area contributed by atoms with Crippen LogP contribution in [0.5, 0.6) is 17.2 Å². The lowest BCUT2D eigenvalue weighted by Crippen LogP contribution is -2.26. The van der Waals surface area contributed by atoms with Gasteiger partial charge in [-0.15, -0.1) is 0 Å². The van der Waals surface area contributed by atoms with Gasteiger partial charge in [0, 0.05) is 74.2 Å². The highest BCUT2D eigenvalue weighted by molar-refractivity contribution is 14.2. The van der Waals surface area contributed by atoms with Gasteiger partial charge in [-0.05, 0) is 29.3 Å². The molecule has 0 aromatic heterocycles. The van der Waals surface area contributed by atoms with Crippen LogP contribution in [-0.4, -0.2) is 17.9 Å². The molecular formula is C24H22I2N2O4S2. The van der Waals surface area contributed by atoms with Crippen molar-refractivity contribution in [2.24, 2.45) is 0 Å². The standard InChI is InChI=1S/C24H22I2N2O4S2/c1-27-12-17-8-5-9-18-13-28(14-20(17)18)24(29)23-21(30-15-16-6-3-2-4-7-16)10-19(31-33-25)11-22(23)32-34-26/h2-11,27H,12-15H2,1H3. The van der Waals surface area contributed by atoms with Gasteiger partial charge >= 0.3 is 0 Å². The predicted octanol–water partition coefficient (Wildman–Crippen LogP) is 6.90. The molecule has 1 amide bonds. The summed E-state index contributed by atoms with van der Waals surface area (Å²) in [6, 6.07) is 19.6. The van der Waals surface area contributed by atoms with Crippen LogP contribution in [0, 0.1) is 0 Å². The molecule has 0 fully saturated rings. The van der Waals surface area contributed by atoms with Crippen LogP contribution in [0.15, 0.2) is 60.7 Å². The van der Waals surface area contributed by atoms with Gasteiger partial charge in [-0.1, -0.05) is 48.5 Å². The second kappa shape index (κ2) is 12.6. The Balaban J connectivity index is 1.68. The van der Waals surface area contributed by atoms with E-state index in [1.54, 1.807) is 12.1 Å². The molecule has 1 aliphatic heterocycles. The fourth-order valence-corrected chi connectivity index (χ4v) is 5.53. The molecule has 0 saturated carbocycles. The highest BCUT2D eigenvalue weighted by Crippen LogP contribution is 2.41. The van der Waals surface area contributed by atoms with Crippen molar-refractivity contribution in [1.82, 2.24) is 10.2 Å². The van der Waals surface area contributed by atoms with E-state index in [-0.39, 0.29) is 5.91 Å². The van der Waals surface area contributed by atoms with E-state index in [2.05, 4.69) is 38.7 Å². The summed E-state index contributed by atoms with van der Waals surface area (Å²) >= 11 is 4.10. The maximum absolute atomic E-state index is 13.9. The van der Waals surface area contributed by atoms with Crippen LogP contribution in [0.3, 0.4) is 0 Å². The lowest BCUT2D eigenvalue weighted by molar-refractivity contribution is 0.0744. The summed E-state index contributed by atoms with van der Waals surface area (Å²) in [5.41, 5.74) is 4.97. The van der Waals surface area contributed by atoms with Crippen molar-refractivity contribution in [3.05, 3.63) is 88.5 Å². The van der Waals surface area contributed by atoms with Gasteiger partial charge < -0.3 is 23.3 Å². The summed E-state index contributed by atoms with van der Waals surface area (Å²) in [5.74, 6) is 1.27. The highest BCUT2D eigenvalue weighted by atomic mass is 127. The molecule has 4 rings (SSSR count). The van der Waals surface area contributed by atoms with E-state index < -0.39 is 0 Å². The summed E-state index contributed by atoms with van der Waals surface area (Å²) in [7, 11) is 4.26. The van der Waals surface area contributed by atoms with Crippen molar-refractivity contribution in [2.45, 2.75) is 26.2 Å². The maximum Gasteiger partial charge on any atom is 0.262 e. The first-order valence-electron chi connectivity index (χ1n) is 10.4. The molecule has 1 N–H and O–H groups in total. The number of hydrogen-bond acceptors (Lipinski definition) is 7. The molecule has 10 heteroatoms. The Kier molecular flexibility index (Phi) is 9.51. The molecule has 0 unspecified atom stereocenters. The molecule has 0 saturated heterocycles. The van der Waals surface area contributed by atoms with Crippen molar-refractivity contribution in [3.63, 3.8) is 0 Å². The van der Waals surface area contributed by atoms with Gasteiger partial charge in [0.15, 0.2) is 5.75 Å². The fourth-order valence-electron chi connectivity index (χ4n) is 3.96. The van der Waals surface area contributed by atoms with Crippen molar-refractivity contribution in [2.75, 3.05) is 7.05 Å². The Morgan fingerprint density at radius 2 is 1.76 bits per heavy atom. The topological polar surface area (TPSA) is 60.0 Å². The first kappa shape index (κ1) is 25.7. The minimum atomic E-state index is -0.135. The number of nitrogens with one attached hydrogen (secondary N) is 1. The molecule has 0 radical (unpaired) electrons. The number of rotatable bonds is 10. The Hall–Kier alpha value is -1.35. The van der Waals surface area contributed by atoms with Gasteiger partial charge in [0.2, 0.25) is 0 Å². The largest absolute Gasteiger partial charge is 0.488 e. The van der Waals surface area contributed by atoms with Crippen molar-refractivity contribution < 1.29 is 17.9 Å². The summed E-state index contributed by atoms with van der Waals surface area (Å²) in [6.07, 6.45) is 0. The third-order valence-corrected chi connectivity index (χ3v) is 7.05. The molecule has 178 valence electrons. The normalized spacial score (nSPS) is 12.4. The van der Waals surface area contributed by atoms with E-state index >= 15 is 0 Å². The molecule has 0 aliphatic carbocycles. The number of carbonyl (C=O) groups is 1. The molecule has 0 atom stereocenters. The lowest BCUT2D eigenvalue weighted by Gasteiger charge is -2.21. The van der Waals surface area contributed by atoms with Gasteiger partial charge in [-0.3, -0.25) is 4.79 Å². The molecule has 6 nitrogen and oxygen atoms in total. The number of hydrogen-bond donors (Lipinski definition) is 1. The molecule has 0 spiro atoms. The van der Waals surface area contributed by atoms with Crippen LogP contribution in [0.1, 0.15) is 32.6 Å². The zero-order valence-corrected chi connectivity index (χ0v) is 24.2. The number of nitrogens with zero attached hydrogens (tertiary/aromatic N) is 1. The van der Waals surface area contributed by atoms with Crippen molar-refractivity contribution in [3.8, 4) is 17.2 Å². The average Bonchev–Trinajstić information content (AvgIpc) is 3.29. The van der Waals surface area contributed by atoms with Crippen LogP contribution in [-0.2, 0) is 26.2 Å². The summed E-state index contributed by atoms with van der Waals surface area (Å²) in [4.78, 5) is 15.7. The zero-order chi connectivity index (χ0) is 23.9. The van der Waals surface area contributed by atoms with Crippen LogP contribution in [0.25, 0.3) is 0 Å². The van der Waals surface area contributed by atoms with E-state index in [0.29, 0.717) is 42.5 Å². The maximum atomic E-state index is 13.9. The zero-order valence-electron chi connectivity index (χ0n) is 18.3. The lowest BCUT2D eigenvalue weighted by atomic mass is 10.0. The van der Waals surface area contributed by atoms with Gasteiger partial charge in [0.25, 0.3) is 5.91 Å². The monoisotopic (exact) mass is 720 g/mol. The van der Waals surface area contributed by atoms with Crippen LogP contribution < -0.4 is 18.4 Å². The first-order valence-corrected chi connectivity index (χ1v) is 17.0. The molecule has 0 bridgehead atoms. The summed E-state index contributed by atoms with van der Waals surface area (Å²) < 4.78 is 17.6. The van der Waals surface area contributed by atoms with E-state index in [1.807, 2.05) is 69.6 Å². The number of ether oxygens (including phenoxy) is 1. The van der Waals surface area contributed by atoms with E-state index in [4.69, 9.17) is 13.1 Å². The van der Waals surface area contributed by atoms with Gasteiger partial charge in [-0.2, -0.15) is 0 Å². The van der Waals surface area contributed by atoms with Crippen LogP contribution in [0.4, 0.5) is 0 Å². The SMILES string of the molecule is CNCc1cccc2c1CN(C(=O)c1c(OCc3ccccc3)cc(OSI)cc1OSI)C2. The Bertz CT molecular complexity index is 1150. The number of fused-ring (bicyclic) bond motifs is 1. The van der Waals surface area contributed by atoms with Crippen molar-refractivity contribution in [1.29, 1.82) is 0 Å². The molecule has 1 heterocycles. The third kappa shape index (κ3) is 6.07. The third-order valence-electron chi connectivity index (χ3n) is 5.47. The van der Waals surface area contributed by atoms with Gasteiger partial charge in [-0.25, -0.2) is 0 Å². The number of carbonyl (C=O) groups excluding carboxylic acids is 1. The minimum Gasteiger partial charge on any atom is -0.488 e. The average molecular weight is 720 g/mol. The molecule has 3 aromatic carbocycles. The molecular weight excluding hydrogens is 698 g/mol. The van der Waals surface area contributed by atoms with Gasteiger partial charge in [0.1, 0.15) is 42.1 Å². The van der Waals surface area contributed by atoms with E-state index in [1.165, 1.54) is 25.9 Å². The second-order valence-electron chi connectivity index (χ2n) is 7.61. The van der Waals surface area contributed by atoms with E-state index in [0.717, 1.165) is 21.3 Å². The first-order chi connectivity index (χ1) is 16.6.